The summed E-state index contributed by atoms with van der Waals surface area (Å²) in [7, 11) is 0. The van der Waals surface area contributed by atoms with Gasteiger partial charge in [-0.15, -0.1) is 0 Å². The van der Waals surface area contributed by atoms with Gasteiger partial charge in [0.15, 0.2) is 6.61 Å². The molecule has 2 rings (SSSR count). The molecule has 0 spiro atoms. The number of primary amides is 1. The van der Waals surface area contributed by atoms with Crippen molar-refractivity contribution < 1.29 is 14.3 Å². The quantitative estimate of drug-likeness (QED) is 0.923. The fourth-order valence-electron chi connectivity index (χ4n) is 2.92. The molecule has 0 aliphatic carbocycles. The Bertz CT molecular complexity index is 567. The van der Waals surface area contributed by atoms with E-state index in [1.54, 1.807) is 6.07 Å². The number of ether oxygens (including phenoxy) is 1. The highest BCUT2D eigenvalue weighted by molar-refractivity contribution is 6.30. The van der Waals surface area contributed by atoms with Crippen LogP contribution in [0.1, 0.15) is 30.6 Å². The summed E-state index contributed by atoms with van der Waals surface area (Å²) in [4.78, 5) is 25.5. The van der Waals surface area contributed by atoms with Crippen LogP contribution in [0.2, 0.25) is 5.02 Å². The molecule has 1 saturated heterocycles. The van der Waals surface area contributed by atoms with Crippen molar-refractivity contribution >= 4 is 23.4 Å². The average molecular weight is 325 g/mol. The van der Waals surface area contributed by atoms with Gasteiger partial charge in [-0.05, 0) is 36.5 Å². The molecule has 2 unspecified atom stereocenters. The Hall–Kier alpha value is -1.75. The lowest BCUT2D eigenvalue weighted by Gasteiger charge is -2.34. The van der Waals surface area contributed by atoms with Crippen LogP contribution in [0.5, 0.6) is 5.75 Å². The van der Waals surface area contributed by atoms with Crippen LogP contribution in [-0.2, 0) is 4.79 Å². The predicted octanol–water partition coefficient (Wildman–Crippen LogP) is 2.32. The van der Waals surface area contributed by atoms with Gasteiger partial charge in [0.1, 0.15) is 5.75 Å². The molecular formula is C16H21ClN2O3. The Morgan fingerprint density at radius 1 is 1.32 bits per heavy atom. The molecule has 0 bridgehead atoms. The van der Waals surface area contributed by atoms with Crippen molar-refractivity contribution in [1.29, 1.82) is 0 Å². The first kappa shape index (κ1) is 16.6. The van der Waals surface area contributed by atoms with E-state index in [0.29, 0.717) is 16.9 Å². The lowest BCUT2D eigenvalue weighted by Crippen LogP contribution is -2.44. The van der Waals surface area contributed by atoms with Gasteiger partial charge in [0.05, 0.1) is 5.56 Å². The zero-order chi connectivity index (χ0) is 16.3. The van der Waals surface area contributed by atoms with E-state index >= 15 is 0 Å². The number of rotatable bonds is 4. The van der Waals surface area contributed by atoms with Crippen molar-refractivity contribution in [1.82, 2.24) is 4.90 Å². The second kappa shape index (κ2) is 7.01. The van der Waals surface area contributed by atoms with Crippen molar-refractivity contribution in [3.05, 3.63) is 28.8 Å². The summed E-state index contributed by atoms with van der Waals surface area (Å²) >= 11 is 5.90. The molecule has 2 atom stereocenters. The zero-order valence-electron chi connectivity index (χ0n) is 12.8. The van der Waals surface area contributed by atoms with Crippen molar-refractivity contribution in [2.75, 3.05) is 19.7 Å². The molecule has 2 amide bonds. The first-order chi connectivity index (χ1) is 10.4. The van der Waals surface area contributed by atoms with Gasteiger partial charge < -0.3 is 15.4 Å². The van der Waals surface area contributed by atoms with Gasteiger partial charge in [-0.2, -0.15) is 0 Å². The molecule has 2 N–H and O–H groups in total. The number of nitrogens with two attached hydrogens (primary N) is 1. The minimum atomic E-state index is -0.612. The third-order valence-electron chi connectivity index (χ3n) is 3.78. The van der Waals surface area contributed by atoms with E-state index in [9.17, 15) is 9.59 Å². The van der Waals surface area contributed by atoms with Gasteiger partial charge in [-0.3, -0.25) is 9.59 Å². The monoisotopic (exact) mass is 324 g/mol. The topological polar surface area (TPSA) is 72.6 Å². The second-order valence-electron chi connectivity index (χ2n) is 6.04. The number of likely N-dealkylation sites (tertiary alicyclic amines) is 1. The van der Waals surface area contributed by atoms with Crippen molar-refractivity contribution in [2.24, 2.45) is 17.6 Å². The molecule has 0 radical (unpaired) electrons. The van der Waals surface area contributed by atoms with E-state index in [1.165, 1.54) is 12.1 Å². The molecule has 1 aromatic carbocycles. The molecule has 0 saturated carbocycles. The van der Waals surface area contributed by atoms with Crippen molar-refractivity contribution in [3.63, 3.8) is 0 Å². The number of nitrogens with zero attached hydrogens (tertiary/aromatic N) is 1. The maximum atomic E-state index is 12.3. The lowest BCUT2D eigenvalue weighted by molar-refractivity contribution is -0.136. The fourth-order valence-corrected chi connectivity index (χ4v) is 3.08. The molecule has 120 valence electrons. The largest absolute Gasteiger partial charge is 0.483 e. The first-order valence-corrected chi connectivity index (χ1v) is 7.74. The highest BCUT2D eigenvalue weighted by atomic mass is 35.5. The molecule has 5 nitrogen and oxygen atoms in total. The summed E-state index contributed by atoms with van der Waals surface area (Å²) in [6, 6.07) is 4.55. The van der Waals surface area contributed by atoms with E-state index in [4.69, 9.17) is 22.1 Å². The summed E-state index contributed by atoms with van der Waals surface area (Å²) in [6.45, 7) is 5.63. The summed E-state index contributed by atoms with van der Waals surface area (Å²) in [5.74, 6) is 0.514. The smallest absolute Gasteiger partial charge is 0.260 e. The number of carbonyl (C=O) groups excluding carboxylic acids is 2. The summed E-state index contributed by atoms with van der Waals surface area (Å²) in [6.07, 6.45) is 1.13. The minimum absolute atomic E-state index is 0.0891. The number of carbonyl (C=O) groups is 2. The number of piperidine rings is 1. The van der Waals surface area contributed by atoms with E-state index in [1.807, 2.05) is 4.90 Å². The fraction of sp³-hybridized carbons (Fsp3) is 0.500. The third-order valence-corrected chi connectivity index (χ3v) is 4.02. The van der Waals surface area contributed by atoms with Crippen molar-refractivity contribution in [2.45, 2.75) is 20.3 Å². The zero-order valence-corrected chi connectivity index (χ0v) is 13.6. The molecule has 1 fully saturated rings. The minimum Gasteiger partial charge on any atom is -0.483 e. The van der Waals surface area contributed by atoms with E-state index in [2.05, 4.69) is 13.8 Å². The van der Waals surface area contributed by atoms with E-state index in [0.717, 1.165) is 19.5 Å². The van der Waals surface area contributed by atoms with E-state index in [-0.39, 0.29) is 23.8 Å². The number of hydrogen-bond donors (Lipinski definition) is 1. The van der Waals surface area contributed by atoms with Crippen LogP contribution in [0, 0.1) is 11.8 Å². The average Bonchev–Trinajstić information content (AvgIpc) is 2.43. The Morgan fingerprint density at radius 3 is 2.55 bits per heavy atom. The Morgan fingerprint density at radius 2 is 1.95 bits per heavy atom. The summed E-state index contributed by atoms with van der Waals surface area (Å²) in [5, 5.41) is 0.424. The molecule has 0 aromatic heterocycles. The summed E-state index contributed by atoms with van der Waals surface area (Å²) in [5.41, 5.74) is 5.51. The standard InChI is InChI=1S/C16H21ClN2O3/c1-10-5-11(2)8-19(7-10)15(20)9-22-14-6-12(17)3-4-13(14)16(18)21/h3-4,6,10-11H,5,7-9H2,1-2H3,(H2,18,21). The van der Waals surface area contributed by atoms with Crippen LogP contribution < -0.4 is 10.5 Å². The SMILES string of the molecule is CC1CC(C)CN(C(=O)COc2cc(Cl)ccc2C(N)=O)C1. The van der Waals surface area contributed by atoms with Gasteiger partial charge in [0.25, 0.3) is 11.8 Å². The number of amides is 2. The molecular weight excluding hydrogens is 304 g/mol. The molecule has 22 heavy (non-hydrogen) atoms. The Kier molecular flexibility index (Phi) is 5.29. The second-order valence-corrected chi connectivity index (χ2v) is 6.47. The molecule has 1 aliphatic rings. The number of halogens is 1. The molecule has 1 aromatic rings. The van der Waals surface area contributed by atoms with Crippen LogP contribution in [0.15, 0.2) is 18.2 Å². The van der Waals surface area contributed by atoms with Gasteiger partial charge in [0, 0.05) is 18.1 Å². The van der Waals surface area contributed by atoms with Crippen LogP contribution in [0.3, 0.4) is 0 Å². The third kappa shape index (κ3) is 4.13. The molecule has 6 heteroatoms. The van der Waals surface area contributed by atoms with Crippen LogP contribution >= 0.6 is 11.6 Å². The maximum absolute atomic E-state index is 12.3. The number of benzene rings is 1. The van der Waals surface area contributed by atoms with E-state index < -0.39 is 5.91 Å². The highest BCUT2D eigenvalue weighted by Crippen LogP contribution is 2.24. The van der Waals surface area contributed by atoms with Gasteiger partial charge >= 0.3 is 0 Å². The molecule has 1 heterocycles. The van der Waals surface area contributed by atoms with Crippen LogP contribution in [-0.4, -0.2) is 36.4 Å². The Balaban J connectivity index is 2.02. The van der Waals surface area contributed by atoms with Crippen molar-refractivity contribution in [3.8, 4) is 5.75 Å². The number of hydrogen-bond acceptors (Lipinski definition) is 3. The van der Waals surface area contributed by atoms with Gasteiger partial charge in [0.2, 0.25) is 0 Å². The first-order valence-electron chi connectivity index (χ1n) is 7.36. The molecule has 1 aliphatic heterocycles. The normalized spacial score (nSPS) is 21.5. The summed E-state index contributed by atoms with van der Waals surface area (Å²) < 4.78 is 5.49. The Labute approximate surface area is 135 Å². The van der Waals surface area contributed by atoms with Crippen LogP contribution in [0.4, 0.5) is 0 Å². The highest BCUT2D eigenvalue weighted by Gasteiger charge is 2.25. The van der Waals surface area contributed by atoms with Gasteiger partial charge in [-0.1, -0.05) is 25.4 Å². The van der Waals surface area contributed by atoms with Crippen LogP contribution in [0.25, 0.3) is 0 Å². The maximum Gasteiger partial charge on any atom is 0.260 e. The van der Waals surface area contributed by atoms with Gasteiger partial charge in [-0.25, -0.2) is 0 Å². The lowest BCUT2D eigenvalue weighted by atomic mass is 9.92. The predicted molar refractivity (Wildman–Crippen MR) is 85.0 cm³/mol.